The van der Waals surface area contributed by atoms with Gasteiger partial charge in [-0.15, -0.1) is 11.3 Å². The second-order valence-electron chi connectivity index (χ2n) is 6.11. The predicted molar refractivity (Wildman–Crippen MR) is 106 cm³/mol. The fraction of sp³-hybridized carbons (Fsp3) is 0.250. The average molecular weight is 363 g/mol. The normalized spacial score (nSPS) is 11.1. The number of hydrogen-bond acceptors (Lipinski definition) is 5. The summed E-state index contributed by atoms with van der Waals surface area (Å²) in [7, 11) is 0. The number of rotatable bonds is 7. The summed E-state index contributed by atoms with van der Waals surface area (Å²) in [6.07, 6.45) is 5.72. The minimum absolute atomic E-state index is 0.646. The van der Waals surface area contributed by atoms with E-state index in [0.717, 1.165) is 47.1 Å². The van der Waals surface area contributed by atoms with E-state index in [9.17, 15) is 0 Å². The molecule has 0 fully saturated rings. The molecular formula is C20H21N5S. The molecule has 0 radical (unpaired) electrons. The largest absolute Gasteiger partial charge is 0.362 e. The second kappa shape index (κ2) is 7.66. The Morgan fingerprint density at radius 2 is 2.00 bits per heavy atom. The van der Waals surface area contributed by atoms with Gasteiger partial charge in [0.15, 0.2) is 0 Å². The first-order valence-corrected chi connectivity index (χ1v) is 9.73. The molecule has 0 saturated heterocycles. The lowest BCUT2D eigenvalue weighted by Crippen LogP contribution is -2.11. The molecule has 26 heavy (non-hydrogen) atoms. The first kappa shape index (κ1) is 16.7. The Hall–Kier alpha value is -2.73. The third-order valence-corrected chi connectivity index (χ3v) is 5.19. The van der Waals surface area contributed by atoms with Crippen molar-refractivity contribution in [1.29, 1.82) is 0 Å². The van der Waals surface area contributed by atoms with Crippen molar-refractivity contribution in [3.8, 4) is 0 Å². The Kier molecular flexibility index (Phi) is 4.93. The van der Waals surface area contributed by atoms with E-state index in [4.69, 9.17) is 0 Å². The van der Waals surface area contributed by atoms with Gasteiger partial charge in [-0.3, -0.25) is 0 Å². The van der Waals surface area contributed by atoms with Crippen LogP contribution >= 0.6 is 11.3 Å². The van der Waals surface area contributed by atoms with Crippen molar-refractivity contribution in [2.75, 3.05) is 5.32 Å². The van der Waals surface area contributed by atoms with Gasteiger partial charge in [-0.2, -0.15) is 0 Å². The van der Waals surface area contributed by atoms with E-state index >= 15 is 0 Å². The second-order valence-corrected chi connectivity index (χ2v) is 7.00. The summed E-state index contributed by atoms with van der Waals surface area (Å²) in [5, 5.41) is 6.60. The highest BCUT2D eigenvalue weighted by Crippen LogP contribution is 2.25. The lowest BCUT2D eigenvalue weighted by Gasteiger charge is -2.11. The molecule has 0 aliphatic heterocycles. The van der Waals surface area contributed by atoms with Crippen LogP contribution in [0.1, 0.15) is 24.1 Å². The fourth-order valence-corrected chi connectivity index (χ4v) is 3.74. The number of aromatic nitrogens is 4. The molecule has 0 aliphatic rings. The van der Waals surface area contributed by atoms with Gasteiger partial charge in [0.2, 0.25) is 0 Å². The summed E-state index contributed by atoms with van der Waals surface area (Å²) < 4.78 is 2.20. The number of anilines is 1. The van der Waals surface area contributed by atoms with Gasteiger partial charge in [0.25, 0.3) is 0 Å². The number of nitrogens with zero attached hydrogens (tertiary/aromatic N) is 4. The molecule has 3 heterocycles. The maximum atomic E-state index is 4.66. The molecule has 4 rings (SSSR count). The summed E-state index contributed by atoms with van der Waals surface area (Å²) in [5.74, 6) is 2.78. The minimum Gasteiger partial charge on any atom is -0.362 e. The molecule has 5 nitrogen and oxygen atoms in total. The number of nitrogens with one attached hydrogen (secondary N) is 1. The zero-order valence-electron chi connectivity index (χ0n) is 14.7. The third-order valence-electron chi connectivity index (χ3n) is 4.39. The van der Waals surface area contributed by atoms with Crippen molar-refractivity contribution in [2.24, 2.45) is 0 Å². The van der Waals surface area contributed by atoms with E-state index in [1.165, 1.54) is 5.56 Å². The van der Waals surface area contributed by atoms with Gasteiger partial charge in [0.1, 0.15) is 22.3 Å². The number of hydrogen-bond donors (Lipinski definition) is 1. The van der Waals surface area contributed by atoms with Crippen LogP contribution in [-0.4, -0.2) is 19.5 Å². The average Bonchev–Trinajstić information content (AvgIpc) is 3.34. The van der Waals surface area contributed by atoms with Crippen molar-refractivity contribution in [3.63, 3.8) is 0 Å². The van der Waals surface area contributed by atoms with Crippen LogP contribution in [0.25, 0.3) is 10.2 Å². The van der Waals surface area contributed by atoms with Crippen molar-refractivity contribution < 1.29 is 0 Å². The smallest absolute Gasteiger partial charge is 0.138 e. The SMILES string of the molecule is CCc1nc(NCc2nccn2CCc2ccccc2)c2ccsc2n1. The van der Waals surface area contributed by atoms with Crippen LogP contribution in [0.4, 0.5) is 5.82 Å². The van der Waals surface area contributed by atoms with Crippen LogP contribution in [-0.2, 0) is 25.9 Å². The Morgan fingerprint density at radius 1 is 1.12 bits per heavy atom. The highest BCUT2D eigenvalue weighted by atomic mass is 32.1. The zero-order valence-corrected chi connectivity index (χ0v) is 15.5. The maximum absolute atomic E-state index is 4.66. The lowest BCUT2D eigenvalue weighted by atomic mass is 10.1. The highest BCUT2D eigenvalue weighted by Gasteiger charge is 2.09. The number of imidazole rings is 1. The van der Waals surface area contributed by atoms with Crippen molar-refractivity contribution in [2.45, 2.75) is 32.9 Å². The van der Waals surface area contributed by atoms with Gasteiger partial charge in [-0.1, -0.05) is 37.3 Å². The minimum atomic E-state index is 0.646. The van der Waals surface area contributed by atoms with Crippen LogP contribution in [0, 0.1) is 0 Å². The van der Waals surface area contributed by atoms with Gasteiger partial charge >= 0.3 is 0 Å². The monoisotopic (exact) mass is 363 g/mol. The number of aryl methyl sites for hydroxylation is 3. The Bertz CT molecular complexity index is 990. The van der Waals surface area contributed by atoms with E-state index in [-0.39, 0.29) is 0 Å². The van der Waals surface area contributed by atoms with Gasteiger partial charge in [-0.05, 0) is 23.4 Å². The molecule has 0 unspecified atom stereocenters. The summed E-state index contributed by atoms with van der Waals surface area (Å²) in [6, 6.07) is 12.6. The number of thiophene rings is 1. The fourth-order valence-electron chi connectivity index (χ4n) is 2.96. The van der Waals surface area contributed by atoms with Gasteiger partial charge in [0.05, 0.1) is 11.9 Å². The molecule has 0 atom stereocenters. The summed E-state index contributed by atoms with van der Waals surface area (Å²) >= 11 is 1.65. The van der Waals surface area contributed by atoms with E-state index in [1.54, 1.807) is 11.3 Å². The molecule has 1 N–H and O–H groups in total. The van der Waals surface area contributed by atoms with Crippen LogP contribution in [0.15, 0.2) is 54.2 Å². The molecule has 6 heteroatoms. The van der Waals surface area contributed by atoms with Gasteiger partial charge in [-0.25, -0.2) is 15.0 Å². The molecule has 3 aromatic heterocycles. The van der Waals surface area contributed by atoms with Crippen LogP contribution in [0.3, 0.4) is 0 Å². The first-order chi connectivity index (χ1) is 12.8. The standard InChI is InChI=1S/C20H21N5S/c1-2-17-23-19(16-9-13-26-20(16)24-17)22-14-18-21-10-12-25(18)11-8-15-6-4-3-5-7-15/h3-7,9-10,12-13H,2,8,11,14H2,1H3,(H,22,23,24). The molecule has 4 aromatic rings. The van der Waals surface area contributed by atoms with Crippen molar-refractivity contribution in [3.05, 3.63) is 71.4 Å². The molecule has 0 bridgehead atoms. The Balaban J connectivity index is 1.47. The molecular weight excluding hydrogens is 342 g/mol. The van der Waals surface area contributed by atoms with Crippen molar-refractivity contribution in [1.82, 2.24) is 19.5 Å². The summed E-state index contributed by atoms with van der Waals surface area (Å²) in [4.78, 5) is 14.8. The van der Waals surface area contributed by atoms with Crippen LogP contribution < -0.4 is 5.32 Å². The first-order valence-electron chi connectivity index (χ1n) is 8.85. The number of benzene rings is 1. The molecule has 0 spiro atoms. The quantitative estimate of drug-likeness (QED) is 0.532. The molecule has 0 amide bonds. The maximum Gasteiger partial charge on any atom is 0.138 e. The van der Waals surface area contributed by atoms with E-state index in [0.29, 0.717) is 6.54 Å². The molecule has 132 valence electrons. The Labute approximate surface area is 156 Å². The van der Waals surface area contributed by atoms with Crippen LogP contribution in [0.5, 0.6) is 0 Å². The summed E-state index contributed by atoms with van der Waals surface area (Å²) in [6.45, 7) is 3.64. The van der Waals surface area contributed by atoms with E-state index < -0.39 is 0 Å². The highest BCUT2D eigenvalue weighted by molar-refractivity contribution is 7.16. The van der Waals surface area contributed by atoms with Gasteiger partial charge < -0.3 is 9.88 Å². The van der Waals surface area contributed by atoms with Crippen molar-refractivity contribution >= 4 is 27.4 Å². The van der Waals surface area contributed by atoms with Crippen LogP contribution in [0.2, 0.25) is 0 Å². The number of fused-ring (bicyclic) bond motifs is 1. The Morgan fingerprint density at radius 3 is 2.85 bits per heavy atom. The topological polar surface area (TPSA) is 55.6 Å². The third kappa shape index (κ3) is 3.60. The van der Waals surface area contributed by atoms with Gasteiger partial charge in [0, 0.05) is 25.4 Å². The molecule has 1 aromatic carbocycles. The summed E-state index contributed by atoms with van der Waals surface area (Å²) in [5.41, 5.74) is 1.34. The van der Waals surface area contributed by atoms with E-state index in [1.807, 2.05) is 18.5 Å². The van der Waals surface area contributed by atoms with E-state index in [2.05, 4.69) is 67.5 Å². The molecule has 0 aliphatic carbocycles. The molecule has 0 saturated carbocycles. The predicted octanol–water partition coefficient (Wildman–Crippen LogP) is 4.31. The zero-order chi connectivity index (χ0) is 17.8. The lowest BCUT2D eigenvalue weighted by molar-refractivity contribution is 0.657.